The third kappa shape index (κ3) is 7.24. The predicted octanol–water partition coefficient (Wildman–Crippen LogP) is 3.00. The standard InChI is InChI=1S/C29H39N3O6/c1-20(2)32-16-24-27(17-32)37-19-22-6-5-7-23(14-22)38-26-15-21(8-10-25(26)36-4)9-11-29(34)31(12-13-35-3)18-28(33)30-24/h5-8,10,14-15,20,24,27H,9,11-13,16-19H2,1-4H3,(H,30,33)/t24-,27-/m0/s1. The van der Waals surface area contributed by atoms with E-state index in [1.807, 2.05) is 42.5 Å². The second-order valence-electron chi connectivity index (χ2n) is 10.1. The van der Waals surface area contributed by atoms with Crippen LogP contribution in [-0.4, -0.2) is 86.8 Å². The summed E-state index contributed by atoms with van der Waals surface area (Å²) >= 11 is 0. The highest BCUT2D eigenvalue weighted by molar-refractivity contribution is 5.85. The Balaban J connectivity index is 1.63. The summed E-state index contributed by atoms with van der Waals surface area (Å²) < 4.78 is 23.3. The number of carbonyl (C=O) groups excluding carboxylic acids is 2. The first kappa shape index (κ1) is 27.9. The molecule has 1 fully saturated rings. The van der Waals surface area contributed by atoms with Crippen LogP contribution in [0.15, 0.2) is 42.5 Å². The van der Waals surface area contributed by atoms with E-state index in [4.69, 9.17) is 18.9 Å². The molecule has 9 heteroatoms. The number of amides is 2. The normalized spacial score (nSPS) is 21.3. The molecule has 4 bridgehead atoms. The molecule has 206 valence electrons. The van der Waals surface area contributed by atoms with Crippen LogP contribution in [0, 0.1) is 0 Å². The maximum absolute atomic E-state index is 13.2. The second kappa shape index (κ2) is 13.1. The van der Waals surface area contributed by atoms with Crippen molar-refractivity contribution in [2.24, 2.45) is 0 Å². The van der Waals surface area contributed by atoms with Crippen molar-refractivity contribution in [3.05, 3.63) is 53.6 Å². The summed E-state index contributed by atoms with van der Waals surface area (Å²) in [7, 11) is 3.19. The summed E-state index contributed by atoms with van der Waals surface area (Å²) in [6.07, 6.45) is 0.588. The second-order valence-corrected chi connectivity index (χ2v) is 10.1. The van der Waals surface area contributed by atoms with Gasteiger partial charge in [0.2, 0.25) is 11.8 Å². The van der Waals surface area contributed by atoms with Gasteiger partial charge < -0.3 is 29.2 Å². The Morgan fingerprint density at radius 3 is 2.66 bits per heavy atom. The van der Waals surface area contributed by atoms with E-state index in [9.17, 15) is 9.59 Å². The molecule has 2 aliphatic heterocycles. The van der Waals surface area contributed by atoms with Crippen molar-refractivity contribution in [2.75, 3.05) is 47.0 Å². The molecule has 0 aliphatic carbocycles. The topological polar surface area (TPSA) is 89.6 Å². The van der Waals surface area contributed by atoms with Gasteiger partial charge in [0, 0.05) is 39.2 Å². The van der Waals surface area contributed by atoms with Crippen molar-refractivity contribution < 1.29 is 28.5 Å². The Kier molecular flexibility index (Phi) is 9.60. The fourth-order valence-electron chi connectivity index (χ4n) is 4.85. The van der Waals surface area contributed by atoms with E-state index in [-0.39, 0.29) is 36.9 Å². The van der Waals surface area contributed by atoms with E-state index in [0.29, 0.717) is 56.0 Å². The van der Waals surface area contributed by atoms with Gasteiger partial charge in [-0.2, -0.15) is 0 Å². The molecule has 2 amide bonds. The summed E-state index contributed by atoms with van der Waals surface area (Å²) in [5.41, 5.74) is 1.91. The van der Waals surface area contributed by atoms with Gasteiger partial charge in [0.05, 0.1) is 39.0 Å². The fourth-order valence-corrected chi connectivity index (χ4v) is 4.85. The van der Waals surface area contributed by atoms with Gasteiger partial charge in [-0.15, -0.1) is 0 Å². The molecule has 2 aromatic rings. The summed E-state index contributed by atoms with van der Waals surface area (Å²) in [6.45, 7) is 6.75. The van der Waals surface area contributed by atoms with Crippen LogP contribution in [0.4, 0.5) is 0 Å². The average Bonchev–Trinajstić information content (AvgIpc) is 3.31. The number of nitrogens with zero attached hydrogens (tertiary/aromatic N) is 2. The Labute approximate surface area is 225 Å². The quantitative estimate of drug-likeness (QED) is 0.642. The van der Waals surface area contributed by atoms with Crippen LogP contribution in [0.1, 0.15) is 31.4 Å². The molecule has 2 aliphatic rings. The molecule has 2 heterocycles. The summed E-state index contributed by atoms with van der Waals surface area (Å²) in [5.74, 6) is 1.56. The van der Waals surface area contributed by atoms with E-state index in [0.717, 1.165) is 17.7 Å². The van der Waals surface area contributed by atoms with Gasteiger partial charge in [-0.05, 0) is 55.7 Å². The lowest BCUT2D eigenvalue weighted by Gasteiger charge is -2.25. The lowest BCUT2D eigenvalue weighted by atomic mass is 10.1. The van der Waals surface area contributed by atoms with E-state index >= 15 is 0 Å². The molecular formula is C29H39N3O6. The molecule has 38 heavy (non-hydrogen) atoms. The number of likely N-dealkylation sites (tertiary alicyclic amines) is 1. The van der Waals surface area contributed by atoms with Crippen molar-refractivity contribution in [1.29, 1.82) is 0 Å². The minimum Gasteiger partial charge on any atom is -0.493 e. The van der Waals surface area contributed by atoms with Gasteiger partial charge in [-0.25, -0.2) is 0 Å². The molecule has 4 rings (SSSR count). The van der Waals surface area contributed by atoms with Gasteiger partial charge in [-0.1, -0.05) is 18.2 Å². The van der Waals surface area contributed by atoms with Gasteiger partial charge in [0.25, 0.3) is 0 Å². The molecular weight excluding hydrogens is 486 g/mol. The van der Waals surface area contributed by atoms with Crippen molar-refractivity contribution in [3.63, 3.8) is 0 Å². The molecule has 0 radical (unpaired) electrons. The van der Waals surface area contributed by atoms with E-state index in [1.165, 1.54) is 0 Å². The number of fused-ring (bicyclic) bond motifs is 5. The average molecular weight is 526 g/mol. The molecule has 0 unspecified atom stereocenters. The van der Waals surface area contributed by atoms with Crippen LogP contribution in [0.3, 0.4) is 0 Å². The maximum atomic E-state index is 13.2. The zero-order valence-electron chi connectivity index (χ0n) is 22.8. The Bertz CT molecular complexity index is 1110. The van der Waals surface area contributed by atoms with Crippen LogP contribution in [0.25, 0.3) is 0 Å². The third-order valence-corrected chi connectivity index (χ3v) is 7.07. The molecule has 0 saturated carbocycles. The number of benzene rings is 2. The Morgan fingerprint density at radius 2 is 1.89 bits per heavy atom. The van der Waals surface area contributed by atoms with Crippen LogP contribution < -0.4 is 14.8 Å². The molecule has 2 atom stereocenters. The van der Waals surface area contributed by atoms with E-state index in [1.54, 1.807) is 19.1 Å². The third-order valence-electron chi connectivity index (χ3n) is 7.07. The number of nitrogens with one attached hydrogen (secondary N) is 1. The SMILES string of the molecule is COCCN1CC(=O)N[C@H]2CN(C(C)C)C[C@@H]2OCc2cccc(c2)Oc2cc(ccc2OC)CCC1=O. The molecule has 9 nitrogen and oxygen atoms in total. The minimum absolute atomic E-state index is 0.0217. The highest BCUT2D eigenvalue weighted by atomic mass is 16.5. The fraction of sp³-hybridized carbons (Fsp3) is 0.517. The number of ether oxygens (including phenoxy) is 4. The Hall–Kier alpha value is -3.14. The zero-order chi connectivity index (χ0) is 27.1. The number of rotatable bonds is 5. The van der Waals surface area contributed by atoms with E-state index < -0.39 is 0 Å². The molecule has 1 N–H and O–H groups in total. The summed E-state index contributed by atoms with van der Waals surface area (Å²) in [6, 6.07) is 13.6. The summed E-state index contributed by atoms with van der Waals surface area (Å²) in [5, 5.41) is 3.14. The monoisotopic (exact) mass is 525 g/mol. The number of methoxy groups -OCH3 is 2. The van der Waals surface area contributed by atoms with Crippen LogP contribution in [0.5, 0.6) is 17.2 Å². The Morgan fingerprint density at radius 1 is 1.05 bits per heavy atom. The minimum atomic E-state index is -0.193. The van der Waals surface area contributed by atoms with Crippen LogP contribution in [-0.2, 0) is 32.1 Å². The van der Waals surface area contributed by atoms with Crippen molar-refractivity contribution in [2.45, 2.75) is 51.5 Å². The zero-order valence-corrected chi connectivity index (χ0v) is 22.8. The van der Waals surface area contributed by atoms with Gasteiger partial charge >= 0.3 is 0 Å². The predicted molar refractivity (Wildman–Crippen MR) is 144 cm³/mol. The number of aryl methyl sites for hydroxylation is 1. The number of carbonyl (C=O) groups is 2. The first-order valence-electron chi connectivity index (χ1n) is 13.2. The summed E-state index contributed by atoms with van der Waals surface area (Å²) in [4.78, 5) is 30.1. The first-order valence-corrected chi connectivity index (χ1v) is 13.2. The smallest absolute Gasteiger partial charge is 0.239 e. The van der Waals surface area contributed by atoms with Gasteiger partial charge in [-0.3, -0.25) is 14.5 Å². The molecule has 0 spiro atoms. The number of hydrogen-bond donors (Lipinski definition) is 1. The largest absolute Gasteiger partial charge is 0.493 e. The van der Waals surface area contributed by atoms with Gasteiger partial charge in [0.1, 0.15) is 5.75 Å². The number of hydrogen-bond acceptors (Lipinski definition) is 7. The first-order chi connectivity index (χ1) is 18.4. The van der Waals surface area contributed by atoms with Crippen molar-refractivity contribution in [3.8, 4) is 17.2 Å². The molecule has 0 aromatic heterocycles. The van der Waals surface area contributed by atoms with E-state index in [2.05, 4.69) is 24.1 Å². The van der Waals surface area contributed by atoms with Crippen LogP contribution >= 0.6 is 0 Å². The highest BCUT2D eigenvalue weighted by Crippen LogP contribution is 2.33. The van der Waals surface area contributed by atoms with Crippen molar-refractivity contribution >= 4 is 11.8 Å². The van der Waals surface area contributed by atoms with Gasteiger partial charge in [0.15, 0.2) is 11.5 Å². The lowest BCUT2D eigenvalue weighted by molar-refractivity contribution is -0.137. The lowest BCUT2D eigenvalue weighted by Crippen LogP contribution is -2.49. The molecule has 2 aromatic carbocycles. The van der Waals surface area contributed by atoms with Crippen LogP contribution in [0.2, 0.25) is 0 Å². The van der Waals surface area contributed by atoms with Crippen molar-refractivity contribution in [1.82, 2.24) is 15.1 Å². The highest BCUT2D eigenvalue weighted by Gasteiger charge is 2.36. The maximum Gasteiger partial charge on any atom is 0.239 e. The molecule has 1 saturated heterocycles.